The number of hydrogen-bond acceptors (Lipinski definition) is 6. The molecular weight excluding hydrogens is 448 g/mol. The van der Waals surface area contributed by atoms with Crippen LogP contribution in [0.3, 0.4) is 0 Å². The van der Waals surface area contributed by atoms with Gasteiger partial charge < -0.3 is 9.64 Å². The van der Waals surface area contributed by atoms with Gasteiger partial charge in [-0.15, -0.1) is 10.2 Å². The fourth-order valence-electron chi connectivity index (χ4n) is 3.76. The second-order valence-electron chi connectivity index (χ2n) is 7.77. The summed E-state index contributed by atoms with van der Waals surface area (Å²) in [6.07, 6.45) is 0. The second-order valence-corrected chi connectivity index (χ2v) is 10.1. The smallest absolute Gasteiger partial charge is 0.243 e. The highest BCUT2D eigenvalue weighted by Gasteiger charge is 2.30. The molecule has 0 bridgehead atoms. The van der Waals surface area contributed by atoms with Crippen LogP contribution in [-0.2, 0) is 10.0 Å². The maximum atomic E-state index is 13.2. The lowest BCUT2D eigenvalue weighted by Crippen LogP contribution is -2.49. The van der Waals surface area contributed by atoms with Crippen molar-refractivity contribution >= 4 is 27.4 Å². The molecule has 3 aromatic rings. The zero-order valence-corrected chi connectivity index (χ0v) is 19.8. The first-order valence-corrected chi connectivity index (χ1v) is 12.1. The molecule has 0 spiro atoms. The third-order valence-electron chi connectivity index (χ3n) is 5.65. The molecule has 0 atom stereocenters. The van der Waals surface area contributed by atoms with Crippen LogP contribution in [0.2, 0.25) is 5.02 Å². The topological polar surface area (TPSA) is 75.6 Å². The predicted molar refractivity (Wildman–Crippen MR) is 126 cm³/mol. The lowest BCUT2D eigenvalue weighted by atomic mass is 10.1. The Labute approximate surface area is 193 Å². The highest BCUT2D eigenvalue weighted by Crippen LogP contribution is 2.28. The normalized spacial score (nSPS) is 15.1. The van der Waals surface area contributed by atoms with Crippen molar-refractivity contribution < 1.29 is 13.2 Å². The van der Waals surface area contributed by atoms with Crippen molar-refractivity contribution in [3.05, 3.63) is 64.7 Å². The van der Waals surface area contributed by atoms with Crippen LogP contribution in [0.4, 0.5) is 5.82 Å². The molecule has 2 heterocycles. The first-order valence-electron chi connectivity index (χ1n) is 10.3. The Morgan fingerprint density at radius 1 is 0.938 bits per heavy atom. The number of hydrogen-bond donors (Lipinski definition) is 0. The van der Waals surface area contributed by atoms with Crippen LogP contribution in [0.1, 0.15) is 11.1 Å². The molecule has 1 fully saturated rings. The Kier molecular flexibility index (Phi) is 6.37. The molecule has 0 N–H and O–H groups in total. The van der Waals surface area contributed by atoms with Crippen LogP contribution in [0.5, 0.6) is 5.75 Å². The van der Waals surface area contributed by atoms with Gasteiger partial charge in [0, 0.05) is 36.8 Å². The van der Waals surface area contributed by atoms with Crippen molar-refractivity contribution in [2.24, 2.45) is 0 Å². The fourth-order valence-corrected chi connectivity index (χ4v) is 5.69. The van der Waals surface area contributed by atoms with Crippen LogP contribution in [-0.4, -0.2) is 56.2 Å². The number of aryl methyl sites for hydroxylation is 2. The number of rotatable bonds is 5. The van der Waals surface area contributed by atoms with E-state index in [1.165, 1.54) is 4.31 Å². The van der Waals surface area contributed by atoms with E-state index in [1.54, 1.807) is 26.2 Å². The molecule has 1 aliphatic rings. The predicted octanol–water partition coefficient (Wildman–Crippen LogP) is 3.93. The molecule has 1 aromatic heterocycles. The molecule has 7 nitrogen and oxygen atoms in total. The summed E-state index contributed by atoms with van der Waals surface area (Å²) < 4.78 is 33.2. The van der Waals surface area contributed by atoms with Crippen LogP contribution >= 0.6 is 11.6 Å². The minimum Gasteiger partial charge on any atom is -0.497 e. The molecule has 0 amide bonds. The molecule has 168 valence electrons. The Morgan fingerprint density at radius 2 is 1.69 bits per heavy atom. The van der Waals surface area contributed by atoms with E-state index in [9.17, 15) is 8.42 Å². The van der Waals surface area contributed by atoms with E-state index in [-0.39, 0.29) is 0 Å². The maximum absolute atomic E-state index is 13.2. The van der Waals surface area contributed by atoms with Gasteiger partial charge in [0.25, 0.3) is 0 Å². The van der Waals surface area contributed by atoms with Crippen LogP contribution in [0.15, 0.2) is 53.4 Å². The number of benzene rings is 2. The standard InChI is InChI=1S/C23H25ClN4O3S/c1-16-14-22(17(2)13-20(16)24)32(29,30)28-11-9-27(10-12-28)23-8-7-21(25-26-23)18-5-4-6-19(15-18)31-3/h4-8,13-15H,9-12H2,1-3H3. The average Bonchev–Trinajstić information content (AvgIpc) is 2.81. The van der Waals surface area contributed by atoms with Gasteiger partial charge >= 0.3 is 0 Å². The molecular formula is C23H25ClN4O3S. The van der Waals surface area contributed by atoms with E-state index in [1.807, 2.05) is 48.2 Å². The molecule has 0 saturated carbocycles. The van der Waals surface area contributed by atoms with Gasteiger partial charge in [-0.3, -0.25) is 0 Å². The van der Waals surface area contributed by atoms with Gasteiger partial charge in [-0.05, 0) is 61.4 Å². The van der Waals surface area contributed by atoms with Crippen molar-refractivity contribution in [1.29, 1.82) is 0 Å². The summed E-state index contributed by atoms with van der Waals surface area (Å²) in [5, 5.41) is 9.29. The Morgan fingerprint density at radius 3 is 2.34 bits per heavy atom. The van der Waals surface area contributed by atoms with Crippen molar-refractivity contribution in [1.82, 2.24) is 14.5 Å². The van der Waals surface area contributed by atoms with Gasteiger partial charge in [0.05, 0.1) is 17.7 Å². The number of anilines is 1. The van der Waals surface area contributed by atoms with Crippen LogP contribution < -0.4 is 9.64 Å². The van der Waals surface area contributed by atoms with Crippen LogP contribution in [0.25, 0.3) is 11.3 Å². The lowest BCUT2D eigenvalue weighted by molar-refractivity contribution is 0.383. The molecule has 4 rings (SSSR count). The van der Waals surface area contributed by atoms with Gasteiger partial charge in [-0.2, -0.15) is 4.31 Å². The zero-order valence-electron chi connectivity index (χ0n) is 18.2. The van der Waals surface area contributed by atoms with Crippen molar-refractivity contribution in [2.45, 2.75) is 18.7 Å². The highest BCUT2D eigenvalue weighted by atomic mass is 35.5. The van der Waals surface area contributed by atoms with Crippen LogP contribution in [0, 0.1) is 13.8 Å². The quantitative estimate of drug-likeness (QED) is 0.560. The fraction of sp³-hybridized carbons (Fsp3) is 0.304. The molecule has 0 radical (unpaired) electrons. The Balaban J connectivity index is 1.46. The van der Waals surface area contributed by atoms with Crippen molar-refractivity contribution in [3.8, 4) is 17.0 Å². The number of aromatic nitrogens is 2. The van der Waals surface area contributed by atoms with Gasteiger partial charge in [0.1, 0.15) is 5.75 Å². The monoisotopic (exact) mass is 472 g/mol. The summed E-state index contributed by atoms with van der Waals surface area (Å²) in [4.78, 5) is 2.37. The zero-order chi connectivity index (χ0) is 22.9. The van der Waals surface area contributed by atoms with E-state index >= 15 is 0 Å². The van der Waals surface area contributed by atoms with Crippen molar-refractivity contribution in [3.63, 3.8) is 0 Å². The molecule has 32 heavy (non-hydrogen) atoms. The molecule has 1 saturated heterocycles. The van der Waals surface area contributed by atoms with E-state index < -0.39 is 10.0 Å². The Bertz CT molecular complexity index is 1220. The van der Waals surface area contributed by atoms with E-state index in [2.05, 4.69) is 10.2 Å². The van der Waals surface area contributed by atoms with Gasteiger partial charge in [-0.25, -0.2) is 8.42 Å². The molecule has 0 aliphatic carbocycles. The first-order chi connectivity index (χ1) is 15.3. The summed E-state index contributed by atoms with van der Waals surface area (Å²) in [7, 11) is -1.96. The summed E-state index contributed by atoms with van der Waals surface area (Å²) >= 11 is 6.14. The largest absolute Gasteiger partial charge is 0.497 e. The third-order valence-corrected chi connectivity index (χ3v) is 8.10. The summed E-state index contributed by atoms with van der Waals surface area (Å²) in [6, 6.07) is 14.9. The number of halogens is 1. The number of piperazine rings is 1. The van der Waals surface area contributed by atoms with E-state index in [4.69, 9.17) is 16.3 Å². The number of sulfonamides is 1. The maximum Gasteiger partial charge on any atom is 0.243 e. The average molecular weight is 473 g/mol. The molecule has 2 aromatic carbocycles. The van der Waals surface area contributed by atoms with Gasteiger partial charge in [-0.1, -0.05) is 23.7 Å². The van der Waals surface area contributed by atoms with Gasteiger partial charge in [0.15, 0.2) is 5.82 Å². The summed E-state index contributed by atoms with van der Waals surface area (Å²) in [5.41, 5.74) is 3.08. The second kappa shape index (κ2) is 9.05. The van der Waals surface area contributed by atoms with Crippen molar-refractivity contribution in [2.75, 3.05) is 38.2 Å². The number of methoxy groups -OCH3 is 1. The minimum absolute atomic E-state index is 0.315. The summed E-state index contributed by atoms with van der Waals surface area (Å²) in [5.74, 6) is 1.49. The molecule has 9 heteroatoms. The number of nitrogens with zero attached hydrogens (tertiary/aromatic N) is 4. The minimum atomic E-state index is -3.59. The first kappa shape index (κ1) is 22.5. The van der Waals surface area contributed by atoms with E-state index in [0.717, 1.165) is 28.4 Å². The summed E-state index contributed by atoms with van der Waals surface area (Å²) in [6.45, 7) is 5.42. The van der Waals surface area contributed by atoms with Gasteiger partial charge in [0.2, 0.25) is 10.0 Å². The van der Waals surface area contributed by atoms with E-state index in [0.29, 0.717) is 41.7 Å². The SMILES string of the molecule is COc1cccc(-c2ccc(N3CCN(S(=O)(=O)c4cc(C)c(Cl)cc4C)CC3)nn2)c1. The molecule has 0 unspecified atom stereocenters. The molecule has 1 aliphatic heterocycles. The highest BCUT2D eigenvalue weighted by molar-refractivity contribution is 7.89. The number of ether oxygens (including phenoxy) is 1. The Hall–Kier alpha value is -2.68. The third kappa shape index (κ3) is 4.44. The lowest BCUT2D eigenvalue weighted by Gasteiger charge is -2.34.